The van der Waals surface area contributed by atoms with Gasteiger partial charge in [-0.25, -0.2) is 9.78 Å². The normalized spacial score (nSPS) is 10.7. The molecule has 3 amide bonds. The molecule has 8 nitrogen and oxygen atoms in total. The number of hydrogen-bond acceptors (Lipinski definition) is 5. The van der Waals surface area contributed by atoms with E-state index in [4.69, 9.17) is 27.9 Å². The molecule has 4 rings (SSSR count). The van der Waals surface area contributed by atoms with Gasteiger partial charge in [0.1, 0.15) is 17.9 Å². The van der Waals surface area contributed by atoms with Crippen LogP contribution in [-0.2, 0) is 11.4 Å². The summed E-state index contributed by atoms with van der Waals surface area (Å²) in [6.45, 7) is 3.11. The molecule has 0 aliphatic carbocycles. The van der Waals surface area contributed by atoms with E-state index in [0.29, 0.717) is 33.3 Å². The fourth-order valence-corrected chi connectivity index (χ4v) is 4.47. The van der Waals surface area contributed by atoms with Crippen molar-refractivity contribution >= 4 is 63.2 Å². The summed E-state index contributed by atoms with van der Waals surface area (Å²) in [7, 11) is 1.55. The average molecular weight is 565 g/mol. The third-order valence-electron chi connectivity index (χ3n) is 6.02. The summed E-state index contributed by atoms with van der Waals surface area (Å²) in [5.74, 6) is 0.0547. The summed E-state index contributed by atoms with van der Waals surface area (Å²) >= 11 is 13.1. The first kappa shape index (κ1) is 27.9. The van der Waals surface area contributed by atoms with E-state index in [1.807, 2.05) is 37.3 Å². The number of aryl methyl sites for hydroxylation is 1. The number of carbonyl (C=O) groups is 3. The molecule has 0 saturated heterocycles. The molecule has 0 aliphatic rings. The van der Waals surface area contributed by atoms with E-state index in [0.717, 1.165) is 16.6 Å². The van der Waals surface area contributed by atoms with E-state index in [1.165, 1.54) is 11.8 Å². The Morgan fingerprint density at radius 3 is 2.54 bits per heavy atom. The Bertz CT molecular complexity index is 1570. The van der Waals surface area contributed by atoms with Gasteiger partial charge in [0.25, 0.3) is 0 Å². The maximum atomic E-state index is 12.9. The van der Waals surface area contributed by atoms with Crippen LogP contribution in [0.3, 0.4) is 0 Å². The number of ketones is 1. The van der Waals surface area contributed by atoms with Crippen LogP contribution in [0.15, 0.2) is 66.7 Å². The molecule has 2 N–H and O–H groups in total. The highest BCUT2D eigenvalue weighted by Gasteiger charge is 2.19. The Morgan fingerprint density at radius 1 is 1.00 bits per heavy atom. The number of amides is 3. The molecule has 200 valence electrons. The zero-order valence-electron chi connectivity index (χ0n) is 21.5. The lowest BCUT2D eigenvalue weighted by Gasteiger charge is -2.21. The highest BCUT2D eigenvalue weighted by atomic mass is 35.5. The van der Waals surface area contributed by atoms with Gasteiger partial charge >= 0.3 is 6.03 Å². The van der Waals surface area contributed by atoms with Crippen molar-refractivity contribution in [3.63, 3.8) is 0 Å². The molecule has 1 heterocycles. The number of carbonyl (C=O) groups excluding carboxylic acids is 3. The van der Waals surface area contributed by atoms with Gasteiger partial charge in [0.05, 0.1) is 17.3 Å². The number of urea groups is 1. The number of para-hydroxylation sites is 1. The van der Waals surface area contributed by atoms with Crippen LogP contribution in [0.5, 0.6) is 5.75 Å². The Kier molecular flexibility index (Phi) is 8.69. The number of rotatable bonds is 8. The van der Waals surface area contributed by atoms with E-state index in [-0.39, 0.29) is 24.0 Å². The molecule has 3 aromatic carbocycles. The Labute approximate surface area is 235 Å². The number of likely N-dealkylation sites (N-methyl/N-ethyl adjacent to an activating group) is 1. The van der Waals surface area contributed by atoms with Crippen LogP contribution >= 0.6 is 23.2 Å². The molecule has 0 atom stereocenters. The van der Waals surface area contributed by atoms with Crippen molar-refractivity contribution < 1.29 is 19.1 Å². The number of nitrogens with one attached hydrogen (secondary N) is 2. The maximum Gasteiger partial charge on any atom is 0.319 e. The van der Waals surface area contributed by atoms with Crippen molar-refractivity contribution in [2.45, 2.75) is 20.5 Å². The van der Waals surface area contributed by atoms with Gasteiger partial charge in [0, 0.05) is 40.0 Å². The lowest BCUT2D eigenvalue weighted by atomic mass is 10.1. The summed E-state index contributed by atoms with van der Waals surface area (Å²) in [5, 5.41) is 6.71. The van der Waals surface area contributed by atoms with Gasteiger partial charge in [0.15, 0.2) is 5.78 Å². The van der Waals surface area contributed by atoms with Crippen LogP contribution < -0.4 is 20.3 Å². The lowest BCUT2D eigenvalue weighted by molar-refractivity contribution is -0.117. The van der Waals surface area contributed by atoms with Crippen LogP contribution in [0.25, 0.3) is 10.9 Å². The standard InChI is InChI=1S/C29H26Cl2N4O4/c1-17-10-11-19-6-5-9-25(28(19)33-17)39-16-22-23(30)12-13-24(27(22)31)35(3)26(37)15-32-29(38)34-21-8-4-7-20(14-21)18(2)36/h4-14H,15-16H2,1-3H3,(H2,32,34,38). The Balaban J connectivity index is 1.42. The summed E-state index contributed by atoms with van der Waals surface area (Å²) in [5.41, 5.74) is 3.41. The molecule has 0 radical (unpaired) electrons. The largest absolute Gasteiger partial charge is 0.487 e. The SMILES string of the molecule is CC(=O)c1cccc(NC(=O)NCC(=O)N(C)c2ccc(Cl)c(COc3cccc4ccc(C)nc34)c2Cl)c1. The minimum Gasteiger partial charge on any atom is -0.487 e. The molecule has 0 aliphatic heterocycles. The number of nitrogens with zero attached hydrogens (tertiary/aromatic N) is 2. The third kappa shape index (κ3) is 6.66. The quantitative estimate of drug-likeness (QED) is 0.240. The first-order valence-electron chi connectivity index (χ1n) is 12.0. The van der Waals surface area contributed by atoms with Crippen molar-refractivity contribution in [1.82, 2.24) is 10.3 Å². The number of pyridine rings is 1. The van der Waals surface area contributed by atoms with Crippen LogP contribution in [0.4, 0.5) is 16.2 Å². The first-order chi connectivity index (χ1) is 18.6. The Morgan fingerprint density at radius 2 is 1.77 bits per heavy atom. The molecular formula is C29H26Cl2N4O4. The van der Waals surface area contributed by atoms with Gasteiger partial charge < -0.3 is 20.3 Å². The van der Waals surface area contributed by atoms with E-state index >= 15 is 0 Å². The topological polar surface area (TPSA) is 101 Å². The fourth-order valence-electron chi connectivity index (χ4n) is 3.86. The molecule has 0 spiro atoms. The zero-order chi connectivity index (χ0) is 28.1. The molecule has 0 unspecified atom stereocenters. The van der Waals surface area contributed by atoms with Gasteiger partial charge in [-0.2, -0.15) is 0 Å². The second kappa shape index (κ2) is 12.1. The van der Waals surface area contributed by atoms with Crippen LogP contribution in [0.1, 0.15) is 28.5 Å². The highest BCUT2D eigenvalue weighted by Crippen LogP contribution is 2.35. The third-order valence-corrected chi connectivity index (χ3v) is 6.80. The van der Waals surface area contributed by atoms with Gasteiger partial charge in [-0.1, -0.05) is 53.5 Å². The molecule has 0 fully saturated rings. The van der Waals surface area contributed by atoms with Gasteiger partial charge in [0.2, 0.25) is 5.91 Å². The maximum absolute atomic E-state index is 12.9. The minimum absolute atomic E-state index is 0.0578. The number of anilines is 2. The number of ether oxygens (including phenoxy) is 1. The second-order valence-electron chi connectivity index (χ2n) is 8.83. The molecule has 1 aromatic heterocycles. The second-order valence-corrected chi connectivity index (χ2v) is 9.61. The van der Waals surface area contributed by atoms with E-state index < -0.39 is 11.9 Å². The summed E-state index contributed by atoms with van der Waals surface area (Å²) < 4.78 is 6.05. The number of benzene rings is 3. The van der Waals surface area contributed by atoms with E-state index in [9.17, 15) is 14.4 Å². The monoisotopic (exact) mass is 564 g/mol. The van der Waals surface area contributed by atoms with Crippen molar-refractivity contribution in [1.29, 1.82) is 0 Å². The van der Waals surface area contributed by atoms with Gasteiger partial charge in [-0.05, 0) is 50.2 Å². The predicted molar refractivity (Wildman–Crippen MR) is 154 cm³/mol. The molecule has 39 heavy (non-hydrogen) atoms. The van der Waals surface area contributed by atoms with Crippen molar-refractivity contribution in [2.24, 2.45) is 0 Å². The number of fused-ring (bicyclic) bond motifs is 1. The van der Waals surface area contributed by atoms with Crippen LogP contribution in [-0.4, -0.2) is 36.3 Å². The molecule has 0 saturated carbocycles. The number of hydrogen-bond donors (Lipinski definition) is 2. The summed E-state index contributed by atoms with van der Waals surface area (Å²) in [6, 6.07) is 18.7. The van der Waals surface area contributed by atoms with Crippen molar-refractivity contribution in [3.8, 4) is 5.75 Å². The zero-order valence-corrected chi connectivity index (χ0v) is 23.1. The van der Waals surface area contributed by atoms with Gasteiger partial charge in [-0.15, -0.1) is 0 Å². The van der Waals surface area contributed by atoms with E-state index in [2.05, 4.69) is 15.6 Å². The predicted octanol–water partition coefficient (Wildman–Crippen LogP) is 6.42. The number of Topliss-reactive ketones (excluding diaryl/α,β-unsaturated/α-hetero) is 1. The number of aromatic nitrogens is 1. The molecule has 4 aromatic rings. The minimum atomic E-state index is -0.590. The Hall–Kier alpha value is -4.14. The molecule has 10 heteroatoms. The fraction of sp³-hybridized carbons (Fsp3) is 0.172. The van der Waals surface area contributed by atoms with Crippen LogP contribution in [0.2, 0.25) is 10.0 Å². The number of halogens is 2. The average Bonchev–Trinajstić information content (AvgIpc) is 2.91. The highest BCUT2D eigenvalue weighted by molar-refractivity contribution is 6.38. The van der Waals surface area contributed by atoms with Crippen molar-refractivity contribution in [2.75, 3.05) is 23.8 Å². The molecule has 0 bridgehead atoms. The first-order valence-corrected chi connectivity index (χ1v) is 12.8. The van der Waals surface area contributed by atoms with Crippen LogP contribution in [0, 0.1) is 6.92 Å². The van der Waals surface area contributed by atoms with Crippen molar-refractivity contribution in [3.05, 3.63) is 93.6 Å². The smallest absolute Gasteiger partial charge is 0.319 e. The molecular weight excluding hydrogens is 539 g/mol. The van der Waals surface area contributed by atoms with E-state index in [1.54, 1.807) is 43.4 Å². The lowest BCUT2D eigenvalue weighted by Crippen LogP contribution is -2.40. The summed E-state index contributed by atoms with van der Waals surface area (Å²) in [6.07, 6.45) is 0. The summed E-state index contributed by atoms with van der Waals surface area (Å²) in [4.78, 5) is 42.6. The van der Waals surface area contributed by atoms with Gasteiger partial charge in [-0.3, -0.25) is 9.59 Å².